The second kappa shape index (κ2) is 5.37. The Balaban J connectivity index is 2.28. The monoisotopic (exact) mass is 221 g/mol. The number of nitrogens with two attached hydrogens (primary N) is 1. The third-order valence-corrected chi connectivity index (χ3v) is 2.45. The number of hydrogen-bond acceptors (Lipinski definition) is 3. The van der Waals surface area contributed by atoms with Gasteiger partial charge in [0.1, 0.15) is 0 Å². The molecule has 0 bridgehead atoms. The summed E-state index contributed by atoms with van der Waals surface area (Å²) in [5.41, 5.74) is 4.85. The fraction of sp³-hybridized carbons (Fsp3) is 0.889. The molecule has 1 aliphatic heterocycles. The molecule has 0 radical (unpaired) electrons. The van der Waals surface area contributed by atoms with Gasteiger partial charge in [0.25, 0.3) is 5.92 Å². The van der Waals surface area contributed by atoms with E-state index in [1.807, 2.05) is 0 Å². The Labute approximate surface area is 87.6 Å². The molecule has 15 heavy (non-hydrogen) atoms. The Bertz CT molecular complexity index is 217. The van der Waals surface area contributed by atoms with Crippen molar-refractivity contribution >= 4 is 5.91 Å². The van der Waals surface area contributed by atoms with Crippen molar-refractivity contribution in [1.29, 1.82) is 0 Å². The molecule has 1 amide bonds. The lowest BCUT2D eigenvalue weighted by Crippen LogP contribution is -2.50. The van der Waals surface area contributed by atoms with E-state index in [-0.39, 0.29) is 11.9 Å². The average Bonchev–Trinajstić information content (AvgIpc) is 2.27. The fourth-order valence-corrected chi connectivity index (χ4v) is 1.49. The van der Waals surface area contributed by atoms with E-state index in [0.717, 1.165) is 19.4 Å². The number of alkyl halides is 2. The third kappa shape index (κ3) is 4.09. The van der Waals surface area contributed by atoms with Crippen LogP contribution in [0.4, 0.5) is 8.78 Å². The molecular weight excluding hydrogens is 204 g/mol. The van der Waals surface area contributed by atoms with Crippen LogP contribution >= 0.6 is 0 Å². The fourth-order valence-electron chi connectivity index (χ4n) is 1.49. The van der Waals surface area contributed by atoms with Crippen molar-refractivity contribution in [2.75, 3.05) is 19.6 Å². The maximum absolute atomic E-state index is 12.7. The topological polar surface area (TPSA) is 67.1 Å². The first-order valence-electron chi connectivity index (χ1n) is 5.14. The standard InChI is InChI=1S/C9H17F2N3O/c10-9(11,5-12)6-14-8(15)7-3-1-2-4-13-7/h7,13H,1-6,12H2,(H,14,15). The van der Waals surface area contributed by atoms with E-state index in [1.54, 1.807) is 0 Å². The van der Waals surface area contributed by atoms with E-state index in [0.29, 0.717) is 6.42 Å². The van der Waals surface area contributed by atoms with E-state index in [9.17, 15) is 13.6 Å². The van der Waals surface area contributed by atoms with Crippen LogP contribution in [0.2, 0.25) is 0 Å². The zero-order valence-corrected chi connectivity index (χ0v) is 8.56. The molecule has 1 heterocycles. The van der Waals surface area contributed by atoms with Gasteiger partial charge < -0.3 is 16.4 Å². The van der Waals surface area contributed by atoms with Gasteiger partial charge in [-0.15, -0.1) is 0 Å². The normalized spacial score (nSPS) is 22.5. The summed E-state index contributed by atoms with van der Waals surface area (Å²) in [4.78, 5) is 11.4. The molecule has 1 saturated heterocycles. The second-order valence-corrected chi connectivity index (χ2v) is 3.78. The number of amides is 1. The van der Waals surface area contributed by atoms with Gasteiger partial charge in [-0.05, 0) is 19.4 Å². The summed E-state index contributed by atoms with van der Waals surface area (Å²) >= 11 is 0. The molecule has 1 atom stereocenters. The Morgan fingerprint density at radius 3 is 2.80 bits per heavy atom. The molecule has 88 valence electrons. The summed E-state index contributed by atoms with van der Waals surface area (Å²) in [7, 11) is 0. The zero-order chi connectivity index (χ0) is 11.3. The largest absolute Gasteiger partial charge is 0.349 e. The van der Waals surface area contributed by atoms with E-state index < -0.39 is 19.0 Å². The van der Waals surface area contributed by atoms with Crippen molar-refractivity contribution in [2.45, 2.75) is 31.2 Å². The molecule has 4 N–H and O–H groups in total. The predicted molar refractivity (Wildman–Crippen MR) is 52.7 cm³/mol. The van der Waals surface area contributed by atoms with Crippen LogP contribution in [-0.4, -0.2) is 37.5 Å². The highest BCUT2D eigenvalue weighted by Crippen LogP contribution is 2.10. The van der Waals surface area contributed by atoms with E-state index >= 15 is 0 Å². The number of rotatable bonds is 4. The van der Waals surface area contributed by atoms with Crippen molar-refractivity contribution in [1.82, 2.24) is 10.6 Å². The van der Waals surface area contributed by atoms with Crippen LogP contribution in [-0.2, 0) is 4.79 Å². The number of carbonyl (C=O) groups excluding carboxylic acids is 1. The minimum Gasteiger partial charge on any atom is -0.349 e. The smallest absolute Gasteiger partial charge is 0.277 e. The first kappa shape index (κ1) is 12.3. The molecule has 0 aromatic carbocycles. The molecule has 0 aromatic heterocycles. The SMILES string of the molecule is NCC(F)(F)CNC(=O)C1CCCCN1. The molecule has 1 fully saturated rings. The molecule has 1 unspecified atom stereocenters. The summed E-state index contributed by atoms with van der Waals surface area (Å²) in [6, 6.07) is -0.327. The Morgan fingerprint density at radius 2 is 2.27 bits per heavy atom. The van der Waals surface area contributed by atoms with Crippen molar-refractivity contribution in [3.63, 3.8) is 0 Å². The maximum atomic E-state index is 12.7. The minimum atomic E-state index is -3.01. The van der Waals surface area contributed by atoms with Crippen LogP contribution in [0.25, 0.3) is 0 Å². The zero-order valence-electron chi connectivity index (χ0n) is 8.56. The lowest BCUT2D eigenvalue weighted by molar-refractivity contribution is -0.125. The summed E-state index contributed by atoms with van der Waals surface area (Å²) < 4.78 is 25.4. The molecule has 0 saturated carbocycles. The molecule has 6 heteroatoms. The summed E-state index contributed by atoms with van der Waals surface area (Å²) in [6.45, 7) is -0.655. The third-order valence-electron chi connectivity index (χ3n) is 2.45. The average molecular weight is 221 g/mol. The first-order valence-corrected chi connectivity index (χ1v) is 5.14. The second-order valence-electron chi connectivity index (χ2n) is 3.78. The van der Waals surface area contributed by atoms with Gasteiger partial charge in [-0.3, -0.25) is 4.79 Å². The Kier molecular flexibility index (Phi) is 4.41. The van der Waals surface area contributed by atoms with E-state index in [2.05, 4.69) is 10.6 Å². The van der Waals surface area contributed by atoms with Crippen LogP contribution in [0, 0.1) is 0 Å². The molecule has 1 rings (SSSR count). The van der Waals surface area contributed by atoms with Gasteiger partial charge in [0, 0.05) is 0 Å². The van der Waals surface area contributed by atoms with E-state index in [4.69, 9.17) is 5.73 Å². The van der Waals surface area contributed by atoms with Crippen LogP contribution in [0.15, 0.2) is 0 Å². The summed E-state index contributed by atoms with van der Waals surface area (Å²) in [5, 5.41) is 5.20. The highest BCUT2D eigenvalue weighted by Gasteiger charge is 2.29. The Hall–Kier alpha value is -0.750. The van der Waals surface area contributed by atoms with Crippen molar-refractivity contribution < 1.29 is 13.6 Å². The number of hydrogen-bond donors (Lipinski definition) is 3. The molecule has 4 nitrogen and oxygen atoms in total. The van der Waals surface area contributed by atoms with Crippen LogP contribution < -0.4 is 16.4 Å². The van der Waals surface area contributed by atoms with Gasteiger partial charge in [0.15, 0.2) is 0 Å². The van der Waals surface area contributed by atoms with Crippen LogP contribution in [0.1, 0.15) is 19.3 Å². The van der Waals surface area contributed by atoms with Crippen LogP contribution in [0.5, 0.6) is 0 Å². The highest BCUT2D eigenvalue weighted by atomic mass is 19.3. The molecule has 0 aliphatic carbocycles. The quantitative estimate of drug-likeness (QED) is 0.618. The summed E-state index contributed by atoms with van der Waals surface area (Å²) in [6.07, 6.45) is 2.70. The van der Waals surface area contributed by atoms with Gasteiger partial charge in [-0.1, -0.05) is 6.42 Å². The number of nitrogens with one attached hydrogen (secondary N) is 2. The Morgan fingerprint density at radius 1 is 1.53 bits per heavy atom. The molecule has 1 aliphatic rings. The number of piperidine rings is 1. The molecule has 0 spiro atoms. The van der Waals surface area contributed by atoms with Gasteiger partial charge in [0.2, 0.25) is 5.91 Å². The van der Waals surface area contributed by atoms with Crippen LogP contribution in [0.3, 0.4) is 0 Å². The van der Waals surface area contributed by atoms with Crippen molar-refractivity contribution in [3.05, 3.63) is 0 Å². The summed E-state index contributed by atoms with van der Waals surface area (Å²) in [5.74, 6) is -3.37. The van der Waals surface area contributed by atoms with Gasteiger partial charge >= 0.3 is 0 Å². The van der Waals surface area contributed by atoms with Gasteiger partial charge in [-0.25, -0.2) is 8.78 Å². The van der Waals surface area contributed by atoms with Crippen molar-refractivity contribution in [2.24, 2.45) is 5.73 Å². The van der Waals surface area contributed by atoms with Gasteiger partial charge in [0.05, 0.1) is 19.1 Å². The number of halogens is 2. The first-order chi connectivity index (χ1) is 7.05. The molecular formula is C9H17F2N3O. The van der Waals surface area contributed by atoms with E-state index in [1.165, 1.54) is 0 Å². The number of carbonyl (C=O) groups is 1. The lowest BCUT2D eigenvalue weighted by Gasteiger charge is -2.23. The predicted octanol–water partition coefficient (Wildman–Crippen LogP) is -0.161. The molecule has 0 aromatic rings. The van der Waals surface area contributed by atoms with Gasteiger partial charge in [-0.2, -0.15) is 0 Å². The maximum Gasteiger partial charge on any atom is 0.277 e. The highest BCUT2D eigenvalue weighted by molar-refractivity contribution is 5.81. The lowest BCUT2D eigenvalue weighted by atomic mass is 10.0. The minimum absolute atomic E-state index is 0.327. The van der Waals surface area contributed by atoms with Crippen molar-refractivity contribution in [3.8, 4) is 0 Å².